The van der Waals surface area contributed by atoms with Gasteiger partial charge in [-0.15, -0.1) is 5.10 Å². The van der Waals surface area contributed by atoms with Gasteiger partial charge in [-0.05, 0) is 20.8 Å². The van der Waals surface area contributed by atoms with Gasteiger partial charge in [-0.1, -0.05) is 24.3 Å². The molecule has 0 aliphatic heterocycles. The van der Waals surface area contributed by atoms with Crippen molar-refractivity contribution in [2.24, 2.45) is 0 Å². The Morgan fingerprint density at radius 3 is 2.50 bits per heavy atom. The molecule has 5 heteroatoms. The van der Waals surface area contributed by atoms with Crippen molar-refractivity contribution >= 4 is 22.6 Å². The first-order chi connectivity index (χ1) is 9.54. The lowest BCUT2D eigenvalue weighted by molar-refractivity contribution is -0.139. The molecule has 0 radical (unpaired) electrons. The number of benzene rings is 1. The molecule has 2 rings (SSSR count). The molecule has 1 aromatic carbocycles. The van der Waals surface area contributed by atoms with Gasteiger partial charge < -0.3 is 9.64 Å². The number of anilines is 1. The average molecular weight is 273 g/mol. The van der Waals surface area contributed by atoms with E-state index >= 15 is 0 Å². The van der Waals surface area contributed by atoms with Crippen molar-refractivity contribution < 1.29 is 9.53 Å². The van der Waals surface area contributed by atoms with E-state index in [0.717, 1.165) is 16.5 Å². The summed E-state index contributed by atoms with van der Waals surface area (Å²) in [5.74, 6) is 0.428. The topological polar surface area (TPSA) is 55.3 Å². The fourth-order valence-corrected chi connectivity index (χ4v) is 2.14. The number of methoxy groups -OCH3 is 1. The van der Waals surface area contributed by atoms with Crippen LogP contribution in [0.15, 0.2) is 24.3 Å². The minimum absolute atomic E-state index is 0.120. The second kappa shape index (κ2) is 5.86. The highest BCUT2D eigenvalue weighted by Crippen LogP contribution is 2.26. The fourth-order valence-electron chi connectivity index (χ4n) is 2.14. The number of rotatable bonds is 4. The van der Waals surface area contributed by atoms with Crippen LogP contribution < -0.4 is 4.90 Å². The normalized spacial score (nSPS) is 10.8. The van der Waals surface area contributed by atoms with Crippen LogP contribution >= 0.6 is 0 Å². The van der Waals surface area contributed by atoms with Gasteiger partial charge in [0.05, 0.1) is 12.8 Å². The molecule has 2 aromatic rings. The number of esters is 1. The second-order valence-corrected chi connectivity index (χ2v) is 4.95. The number of fused-ring (bicyclic) bond motifs is 1. The highest BCUT2D eigenvalue weighted by Gasteiger charge is 2.19. The molecule has 0 saturated heterocycles. The Morgan fingerprint density at radius 1 is 1.25 bits per heavy atom. The van der Waals surface area contributed by atoms with Crippen LogP contribution in [-0.4, -0.2) is 35.9 Å². The molecule has 0 spiro atoms. The van der Waals surface area contributed by atoms with Gasteiger partial charge in [0.2, 0.25) is 0 Å². The van der Waals surface area contributed by atoms with Crippen molar-refractivity contribution in [3.8, 4) is 0 Å². The Labute approximate surface area is 118 Å². The van der Waals surface area contributed by atoms with Crippen molar-refractivity contribution in [3.63, 3.8) is 0 Å². The lowest BCUT2D eigenvalue weighted by atomic mass is 10.1. The monoisotopic (exact) mass is 273 g/mol. The van der Waals surface area contributed by atoms with Crippen LogP contribution in [0.5, 0.6) is 0 Å². The molecule has 0 N–H and O–H groups in total. The third kappa shape index (κ3) is 2.71. The summed E-state index contributed by atoms with van der Waals surface area (Å²) in [6.07, 6.45) is 0. The van der Waals surface area contributed by atoms with Crippen LogP contribution in [0.25, 0.3) is 10.8 Å². The Balaban J connectivity index is 2.54. The Bertz CT molecular complexity index is 626. The number of carbonyl (C=O) groups excluding carboxylic acids is 1. The van der Waals surface area contributed by atoms with Crippen molar-refractivity contribution in [1.82, 2.24) is 10.2 Å². The highest BCUT2D eigenvalue weighted by atomic mass is 16.5. The van der Waals surface area contributed by atoms with Gasteiger partial charge in [0, 0.05) is 16.8 Å². The fraction of sp³-hybridized carbons (Fsp3) is 0.400. The van der Waals surface area contributed by atoms with Crippen LogP contribution in [0.4, 0.5) is 5.82 Å². The zero-order valence-corrected chi connectivity index (χ0v) is 12.3. The molecular formula is C15H19N3O2. The summed E-state index contributed by atoms with van der Waals surface area (Å²) >= 11 is 0. The number of nitrogens with zero attached hydrogens (tertiary/aromatic N) is 3. The molecule has 20 heavy (non-hydrogen) atoms. The maximum absolute atomic E-state index is 11.6. The number of aryl methyl sites for hydroxylation is 1. The summed E-state index contributed by atoms with van der Waals surface area (Å²) in [5, 5.41) is 10.5. The predicted molar refractivity (Wildman–Crippen MR) is 78.8 cm³/mol. The molecule has 0 aliphatic rings. The van der Waals surface area contributed by atoms with E-state index in [1.165, 1.54) is 7.11 Å². The molecule has 1 heterocycles. The smallest absolute Gasteiger partial charge is 0.325 e. The number of carbonyl (C=O) groups is 1. The Morgan fingerprint density at radius 2 is 1.90 bits per heavy atom. The van der Waals surface area contributed by atoms with E-state index in [1.807, 2.05) is 49.9 Å². The number of hydrogen-bond acceptors (Lipinski definition) is 5. The third-order valence-electron chi connectivity index (χ3n) is 3.27. The summed E-state index contributed by atoms with van der Waals surface area (Å²) < 4.78 is 4.76. The van der Waals surface area contributed by atoms with Crippen molar-refractivity contribution in [2.45, 2.75) is 26.8 Å². The first-order valence-electron chi connectivity index (χ1n) is 6.60. The Hall–Kier alpha value is -2.17. The van der Waals surface area contributed by atoms with Crippen molar-refractivity contribution in [2.75, 3.05) is 18.6 Å². The van der Waals surface area contributed by atoms with Gasteiger partial charge in [0.1, 0.15) is 6.54 Å². The van der Waals surface area contributed by atoms with Crippen LogP contribution in [-0.2, 0) is 9.53 Å². The average Bonchev–Trinajstić information content (AvgIpc) is 2.45. The summed E-state index contributed by atoms with van der Waals surface area (Å²) in [6, 6.07) is 8.07. The Kier molecular flexibility index (Phi) is 4.17. The summed E-state index contributed by atoms with van der Waals surface area (Å²) in [4.78, 5) is 13.5. The summed E-state index contributed by atoms with van der Waals surface area (Å²) in [7, 11) is 1.39. The molecule has 0 unspecified atom stereocenters. The number of aromatic nitrogens is 2. The molecule has 0 amide bonds. The molecular weight excluding hydrogens is 254 g/mol. The van der Waals surface area contributed by atoms with Gasteiger partial charge in [-0.3, -0.25) is 4.79 Å². The molecule has 1 aromatic heterocycles. The summed E-state index contributed by atoms with van der Waals surface area (Å²) in [6.45, 7) is 6.12. The van der Waals surface area contributed by atoms with Crippen molar-refractivity contribution in [1.29, 1.82) is 0 Å². The van der Waals surface area contributed by atoms with E-state index in [-0.39, 0.29) is 18.6 Å². The zero-order valence-electron chi connectivity index (χ0n) is 12.3. The van der Waals surface area contributed by atoms with E-state index in [9.17, 15) is 4.79 Å². The van der Waals surface area contributed by atoms with E-state index < -0.39 is 0 Å². The van der Waals surface area contributed by atoms with Crippen LogP contribution in [0.1, 0.15) is 19.5 Å². The minimum atomic E-state index is -0.287. The minimum Gasteiger partial charge on any atom is -0.468 e. The quantitative estimate of drug-likeness (QED) is 0.800. The van der Waals surface area contributed by atoms with E-state index in [1.54, 1.807) is 0 Å². The lowest BCUT2D eigenvalue weighted by Crippen LogP contribution is -2.37. The first kappa shape index (κ1) is 14.2. The van der Waals surface area contributed by atoms with Gasteiger partial charge >= 0.3 is 5.97 Å². The van der Waals surface area contributed by atoms with Crippen LogP contribution in [0.2, 0.25) is 0 Å². The van der Waals surface area contributed by atoms with Crippen molar-refractivity contribution in [3.05, 3.63) is 30.0 Å². The predicted octanol–water partition coefficient (Wildman–Crippen LogP) is 2.33. The number of ether oxygens (including phenoxy) is 1. The standard InChI is InChI=1S/C15H19N3O2/c1-10(2)18(9-14(19)20-4)15-13-8-6-5-7-12(13)11(3)16-17-15/h5-8,10H,9H2,1-4H3. The molecule has 0 aliphatic carbocycles. The van der Waals surface area contributed by atoms with E-state index in [0.29, 0.717) is 5.82 Å². The largest absolute Gasteiger partial charge is 0.468 e. The molecule has 0 fully saturated rings. The van der Waals surface area contributed by atoms with Gasteiger partial charge in [0.25, 0.3) is 0 Å². The lowest BCUT2D eigenvalue weighted by Gasteiger charge is -2.27. The molecule has 106 valence electrons. The third-order valence-corrected chi connectivity index (χ3v) is 3.27. The van der Waals surface area contributed by atoms with Crippen LogP contribution in [0.3, 0.4) is 0 Å². The van der Waals surface area contributed by atoms with Crippen LogP contribution in [0, 0.1) is 6.92 Å². The summed E-state index contributed by atoms with van der Waals surface area (Å²) in [5.41, 5.74) is 0.881. The molecule has 0 saturated carbocycles. The van der Waals surface area contributed by atoms with Gasteiger partial charge in [0.15, 0.2) is 5.82 Å². The maximum atomic E-state index is 11.6. The molecule has 0 atom stereocenters. The van der Waals surface area contributed by atoms with Gasteiger partial charge in [-0.2, -0.15) is 5.10 Å². The maximum Gasteiger partial charge on any atom is 0.325 e. The SMILES string of the molecule is COC(=O)CN(c1nnc(C)c2ccccc12)C(C)C. The van der Waals surface area contributed by atoms with Gasteiger partial charge in [-0.25, -0.2) is 0 Å². The first-order valence-corrected chi connectivity index (χ1v) is 6.60. The van der Waals surface area contributed by atoms with E-state index in [4.69, 9.17) is 4.74 Å². The van der Waals surface area contributed by atoms with E-state index in [2.05, 4.69) is 10.2 Å². The highest BCUT2D eigenvalue weighted by molar-refractivity contribution is 5.94. The molecule has 0 bridgehead atoms. The zero-order chi connectivity index (χ0) is 14.7. The second-order valence-electron chi connectivity index (χ2n) is 4.95. The number of hydrogen-bond donors (Lipinski definition) is 0. The molecule has 5 nitrogen and oxygen atoms in total.